The smallest absolute Gasteiger partial charge is 0.153 e. The molecular weight excluding hydrogens is 296 g/mol. The van der Waals surface area contributed by atoms with E-state index in [4.69, 9.17) is 9.84 Å². The topological polar surface area (TPSA) is 46.5 Å². The normalized spacial score (nSPS) is 10.4. The van der Waals surface area contributed by atoms with Gasteiger partial charge >= 0.3 is 0 Å². The van der Waals surface area contributed by atoms with Crippen LogP contribution in [0, 0.1) is 6.92 Å². The number of carbonyl (C=O) groups is 1. The molecule has 0 amide bonds. The summed E-state index contributed by atoms with van der Waals surface area (Å²) in [7, 11) is 0. The monoisotopic (exact) mass is 314 g/mol. The highest BCUT2D eigenvalue weighted by Gasteiger charge is 2.08. The Labute approximate surface area is 116 Å². The number of unbranched alkanes of at least 4 members (excludes halogenated alkanes) is 3. The van der Waals surface area contributed by atoms with Gasteiger partial charge in [0.25, 0.3) is 0 Å². The van der Waals surface area contributed by atoms with E-state index in [0.29, 0.717) is 17.9 Å². The van der Waals surface area contributed by atoms with E-state index in [2.05, 4.69) is 15.9 Å². The summed E-state index contributed by atoms with van der Waals surface area (Å²) in [5.74, 6) is 0.676. The van der Waals surface area contributed by atoms with E-state index < -0.39 is 0 Å². The van der Waals surface area contributed by atoms with Crippen molar-refractivity contribution in [1.82, 2.24) is 0 Å². The highest BCUT2D eigenvalue weighted by molar-refractivity contribution is 9.10. The summed E-state index contributed by atoms with van der Waals surface area (Å²) in [6.45, 7) is 2.79. The molecule has 100 valence electrons. The third-order valence-corrected chi connectivity index (χ3v) is 3.15. The van der Waals surface area contributed by atoms with Gasteiger partial charge in [-0.15, -0.1) is 0 Å². The molecule has 0 aliphatic rings. The van der Waals surface area contributed by atoms with Gasteiger partial charge in [-0.05, 0) is 43.9 Å². The Morgan fingerprint density at radius 3 is 2.67 bits per heavy atom. The number of carbonyl (C=O) groups excluding carboxylic acids is 1. The quantitative estimate of drug-likeness (QED) is 0.590. The van der Waals surface area contributed by atoms with Crippen LogP contribution in [0.3, 0.4) is 0 Å². The lowest BCUT2D eigenvalue weighted by Gasteiger charge is -2.11. The second-order valence-corrected chi connectivity index (χ2v) is 5.16. The van der Waals surface area contributed by atoms with Crippen molar-refractivity contribution in [3.63, 3.8) is 0 Å². The largest absolute Gasteiger partial charge is 0.493 e. The molecule has 0 bridgehead atoms. The first kappa shape index (κ1) is 15.2. The first-order chi connectivity index (χ1) is 8.69. The van der Waals surface area contributed by atoms with Crippen molar-refractivity contribution in [1.29, 1.82) is 0 Å². The van der Waals surface area contributed by atoms with Crippen LogP contribution in [0.4, 0.5) is 0 Å². The van der Waals surface area contributed by atoms with E-state index in [0.717, 1.165) is 42.0 Å². The molecular formula is C14H19BrO3. The highest BCUT2D eigenvalue weighted by Crippen LogP contribution is 2.27. The maximum absolute atomic E-state index is 11.0. The predicted molar refractivity (Wildman–Crippen MR) is 75.3 cm³/mol. The first-order valence-corrected chi connectivity index (χ1v) is 6.97. The van der Waals surface area contributed by atoms with Gasteiger partial charge in [-0.1, -0.05) is 22.4 Å². The average Bonchev–Trinajstić information content (AvgIpc) is 2.35. The lowest BCUT2D eigenvalue weighted by molar-refractivity contribution is 0.111. The summed E-state index contributed by atoms with van der Waals surface area (Å²) >= 11 is 3.36. The Kier molecular flexibility index (Phi) is 6.98. The van der Waals surface area contributed by atoms with Crippen LogP contribution in [0.5, 0.6) is 5.75 Å². The molecule has 1 rings (SSSR count). The van der Waals surface area contributed by atoms with Crippen molar-refractivity contribution in [2.24, 2.45) is 0 Å². The van der Waals surface area contributed by atoms with Crippen molar-refractivity contribution in [3.05, 3.63) is 27.7 Å². The summed E-state index contributed by atoms with van der Waals surface area (Å²) in [6, 6.07) is 3.70. The van der Waals surface area contributed by atoms with Gasteiger partial charge < -0.3 is 9.84 Å². The second kappa shape index (κ2) is 8.27. The van der Waals surface area contributed by atoms with E-state index >= 15 is 0 Å². The fraction of sp³-hybridized carbons (Fsp3) is 0.500. The van der Waals surface area contributed by atoms with Gasteiger partial charge in [-0.2, -0.15) is 0 Å². The molecule has 0 atom stereocenters. The number of benzene rings is 1. The summed E-state index contributed by atoms with van der Waals surface area (Å²) in [5.41, 5.74) is 1.54. The summed E-state index contributed by atoms with van der Waals surface area (Å²) in [4.78, 5) is 11.0. The summed E-state index contributed by atoms with van der Waals surface area (Å²) in [6.07, 6.45) is 4.65. The van der Waals surface area contributed by atoms with Gasteiger partial charge in [-0.25, -0.2) is 0 Å². The maximum atomic E-state index is 11.0. The Bertz CT molecular complexity index is 391. The predicted octanol–water partition coefficient (Wildman–Crippen LogP) is 3.50. The number of hydrogen-bond acceptors (Lipinski definition) is 3. The Morgan fingerprint density at radius 2 is 2.00 bits per heavy atom. The highest BCUT2D eigenvalue weighted by atomic mass is 79.9. The maximum Gasteiger partial charge on any atom is 0.153 e. The molecule has 1 N–H and O–H groups in total. The third kappa shape index (κ3) is 4.78. The molecule has 4 heteroatoms. The molecule has 0 aliphatic heterocycles. The number of aldehydes is 1. The zero-order chi connectivity index (χ0) is 13.4. The van der Waals surface area contributed by atoms with Gasteiger partial charge in [0.1, 0.15) is 5.75 Å². The van der Waals surface area contributed by atoms with Crippen molar-refractivity contribution < 1.29 is 14.6 Å². The van der Waals surface area contributed by atoms with Crippen molar-refractivity contribution in [3.8, 4) is 5.75 Å². The fourth-order valence-electron chi connectivity index (χ4n) is 1.78. The van der Waals surface area contributed by atoms with Crippen molar-refractivity contribution >= 4 is 22.2 Å². The molecule has 1 aromatic rings. The van der Waals surface area contributed by atoms with Gasteiger partial charge in [0.15, 0.2) is 6.29 Å². The molecule has 0 saturated heterocycles. The van der Waals surface area contributed by atoms with Gasteiger partial charge in [0.05, 0.1) is 12.2 Å². The number of aliphatic hydroxyl groups is 1. The summed E-state index contributed by atoms with van der Waals surface area (Å²) in [5, 5.41) is 8.66. The number of hydrogen-bond donors (Lipinski definition) is 1. The summed E-state index contributed by atoms with van der Waals surface area (Å²) < 4.78 is 6.57. The zero-order valence-corrected chi connectivity index (χ0v) is 12.2. The molecule has 0 aliphatic carbocycles. The molecule has 0 saturated carbocycles. The molecule has 0 fully saturated rings. The Hall–Kier alpha value is -0.870. The van der Waals surface area contributed by atoms with E-state index in [-0.39, 0.29) is 6.61 Å². The molecule has 1 aromatic carbocycles. The zero-order valence-electron chi connectivity index (χ0n) is 10.6. The minimum Gasteiger partial charge on any atom is -0.493 e. The van der Waals surface area contributed by atoms with E-state index in [1.807, 2.05) is 13.0 Å². The molecule has 3 nitrogen and oxygen atoms in total. The Morgan fingerprint density at radius 1 is 1.28 bits per heavy atom. The van der Waals surface area contributed by atoms with Gasteiger partial charge in [0.2, 0.25) is 0 Å². The second-order valence-electron chi connectivity index (χ2n) is 4.25. The van der Waals surface area contributed by atoms with Crippen LogP contribution in [0.25, 0.3) is 0 Å². The van der Waals surface area contributed by atoms with E-state index in [1.54, 1.807) is 6.07 Å². The van der Waals surface area contributed by atoms with Crippen molar-refractivity contribution in [2.75, 3.05) is 13.2 Å². The van der Waals surface area contributed by atoms with Crippen LogP contribution in [-0.2, 0) is 0 Å². The van der Waals surface area contributed by atoms with E-state index in [9.17, 15) is 4.79 Å². The van der Waals surface area contributed by atoms with Crippen LogP contribution in [0.2, 0.25) is 0 Å². The fourth-order valence-corrected chi connectivity index (χ4v) is 2.37. The Balaban J connectivity index is 2.49. The minimum absolute atomic E-state index is 0.252. The lowest BCUT2D eigenvalue weighted by Crippen LogP contribution is -2.02. The molecule has 18 heavy (non-hydrogen) atoms. The number of aryl methyl sites for hydroxylation is 1. The molecule has 0 aromatic heterocycles. The number of ether oxygens (including phenoxy) is 1. The number of aliphatic hydroxyl groups excluding tert-OH is 1. The van der Waals surface area contributed by atoms with Gasteiger partial charge in [-0.3, -0.25) is 4.79 Å². The minimum atomic E-state index is 0.252. The molecule has 0 heterocycles. The first-order valence-electron chi connectivity index (χ1n) is 6.18. The molecule has 0 unspecified atom stereocenters. The molecule has 0 spiro atoms. The van der Waals surface area contributed by atoms with Crippen LogP contribution in [0.15, 0.2) is 16.6 Å². The number of rotatable bonds is 8. The van der Waals surface area contributed by atoms with Gasteiger partial charge in [0, 0.05) is 11.1 Å². The van der Waals surface area contributed by atoms with E-state index in [1.165, 1.54) is 0 Å². The van der Waals surface area contributed by atoms with Crippen LogP contribution in [0.1, 0.15) is 41.6 Å². The van der Waals surface area contributed by atoms with Crippen LogP contribution >= 0.6 is 15.9 Å². The average molecular weight is 315 g/mol. The SMILES string of the molecule is Cc1cc(Br)cc(C=O)c1OCCCCCCO. The van der Waals surface area contributed by atoms with Crippen LogP contribution < -0.4 is 4.74 Å². The number of halogens is 1. The molecule has 0 radical (unpaired) electrons. The standard InChI is InChI=1S/C14H19BrO3/c1-11-8-13(15)9-12(10-17)14(11)18-7-5-3-2-4-6-16/h8-10,16H,2-7H2,1H3. The van der Waals surface area contributed by atoms with Crippen molar-refractivity contribution in [2.45, 2.75) is 32.6 Å². The lowest BCUT2D eigenvalue weighted by atomic mass is 10.1. The van der Waals surface area contributed by atoms with Crippen LogP contribution in [-0.4, -0.2) is 24.6 Å². The third-order valence-electron chi connectivity index (χ3n) is 2.69.